The Bertz CT molecular complexity index is 607. The van der Waals surface area contributed by atoms with E-state index in [1.807, 2.05) is 20.0 Å². The maximum atomic E-state index is 6.30. The van der Waals surface area contributed by atoms with Gasteiger partial charge in [0.15, 0.2) is 0 Å². The van der Waals surface area contributed by atoms with E-state index in [4.69, 9.17) is 23.2 Å². The molecule has 2 rings (SSSR count). The van der Waals surface area contributed by atoms with Crippen LogP contribution in [-0.4, -0.2) is 12.0 Å². The van der Waals surface area contributed by atoms with Crippen molar-refractivity contribution in [2.24, 2.45) is 0 Å². The van der Waals surface area contributed by atoms with Gasteiger partial charge in [0.1, 0.15) is 0 Å². The molecule has 0 radical (unpaired) electrons. The van der Waals surface area contributed by atoms with Crippen molar-refractivity contribution >= 4 is 39.8 Å². The average Bonchev–Trinajstić information content (AvgIpc) is 2.32. The topological polar surface area (TPSA) is 24.9 Å². The first-order valence-corrected chi connectivity index (χ1v) is 6.69. The molecule has 1 N–H and O–H groups in total. The van der Waals surface area contributed by atoms with Gasteiger partial charge >= 0.3 is 0 Å². The third-order valence-corrected chi connectivity index (χ3v) is 3.71. The van der Waals surface area contributed by atoms with Gasteiger partial charge in [-0.2, -0.15) is 0 Å². The van der Waals surface area contributed by atoms with Crippen LogP contribution in [0.5, 0.6) is 0 Å². The summed E-state index contributed by atoms with van der Waals surface area (Å²) in [6, 6.07) is 3.60. The molecule has 0 fully saturated rings. The number of aryl methyl sites for hydroxylation is 1. The molecule has 0 saturated carbocycles. The van der Waals surface area contributed by atoms with Crippen molar-refractivity contribution in [2.45, 2.75) is 26.7 Å². The average molecular weight is 283 g/mol. The van der Waals surface area contributed by atoms with E-state index in [1.54, 1.807) is 6.07 Å². The molecule has 0 aliphatic rings. The Kier molecular flexibility index (Phi) is 3.69. The lowest BCUT2D eigenvalue weighted by molar-refractivity contribution is 0.849. The van der Waals surface area contributed by atoms with Gasteiger partial charge in [0, 0.05) is 18.1 Å². The van der Waals surface area contributed by atoms with Gasteiger partial charge in [-0.3, -0.25) is 4.98 Å². The molecule has 1 aromatic carbocycles. The van der Waals surface area contributed by atoms with Crippen molar-refractivity contribution in [3.8, 4) is 0 Å². The minimum absolute atomic E-state index is 0.374. The lowest BCUT2D eigenvalue weighted by Gasteiger charge is -2.18. The molecule has 0 spiro atoms. The third kappa shape index (κ3) is 2.04. The van der Waals surface area contributed by atoms with Crippen LogP contribution in [0, 0.1) is 6.92 Å². The molecule has 1 aromatic heterocycles. The summed E-state index contributed by atoms with van der Waals surface area (Å²) >= 11 is 12.5. The molecular formula is C14H16Cl2N2. The lowest BCUT2D eigenvalue weighted by Crippen LogP contribution is -2.04. The molecule has 0 unspecified atom stereocenters. The molecule has 0 atom stereocenters. The molecule has 0 saturated heterocycles. The number of hydrogen-bond donors (Lipinski definition) is 1. The van der Waals surface area contributed by atoms with E-state index in [0.29, 0.717) is 16.0 Å². The molecule has 0 bridgehead atoms. The highest BCUT2D eigenvalue weighted by atomic mass is 35.5. The summed E-state index contributed by atoms with van der Waals surface area (Å²) < 4.78 is 0. The summed E-state index contributed by atoms with van der Waals surface area (Å²) in [5, 5.41) is 5.45. The summed E-state index contributed by atoms with van der Waals surface area (Å²) in [4.78, 5) is 4.61. The van der Waals surface area contributed by atoms with Gasteiger partial charge < -0.3 is 5.32 Å². The summed E-state index contributed by atoms with van der Waals surface area (Å²) in [7, 11) is 1.90. The van der Waals surface area contributed by atoms with Crippen molar-refractivity contribution in [1.29, 1.82) is 0 Å². The number of hydrogen-bond acceptors (Lipinski definition) is 2. The molecule has 0 amide bonds. The molecule has 96 valence electrons. The van der Waals surface area contributed by atoms with Gasteiger partial charge in [0.2, 0.25) is 0 Å². The molecule has 18 heavy (non-hydrogen) atoms. The van der Waals surface area contributed by atoms with Crippen LogP contribution in [0.25, 0.3) is 10.9 Å². The maximum Gasteiger partial charge on any atom is 0.0927 e. The van der Waals surface area contributed by atoms with Crippen molar-refractivity contribution in [3.63, 3.8) is 0 Å². The zero-order valence-corrected chi connectivity index (χ0v) is 12.4. The molecule has 0 aliphatic carbocycles. The summed E-state index contributed by atoms with van der Waals surface area (Å²) in [6.07, 6.45) is 0. The monoisotopic (exact) mass is 282 g/mol. The number of nitrogens with zero attached hydrogens (tertiary/aromatic N) is 1. The van der Waals surface area contributed by atoms with Gasteiger partial charge in [-0.15, -0.1) is 0 Å². The predicted molar refractivity (Wildman–Crippen MR) is 80.1 cm³/mol. The van der Waals surface area contributed by atoms with Gasteiger partial charge in [-0.05, 0) is 30.5 Å². The fraction of sp³-hybridized carbons (Fsp3) is 0.357. The second-order valence-corrected chi connectivity index (χ2v) is 5.46. The molecule has 4 heteroatoms. The third-order valence-electron chi connectivity index (χ3n) is 3.09. The molecule has 1 heterocycles. The smallest absolute Gasteiger partial charge is 0.0927 e. The van der Waals surface area contributed by atoms with Gasteiger partial charge in [0.05, 0.1) is 21.2 Å². The fourth-order valence-electron chi connectivity index (χ4n) is 2.40. The van der Waals surface area contributed by atoms with Crippen LogP contribution in [0.2, 0.25) is 10.0 Å². The predicted octanol–water partition coefficient (Wildman–Crippen LogP) is 5.02. The Balaban J connectivity index is 2.99. The van der Waals surface area contributed by atoms with Crippen molar-refractivity contribution < 1.29 is 0 Å². The second kappa shape index (κ2) is 4.94. The van der Waals surface area contributed by atoms with Crippen LogP contribution in [-0.2, 0) is 0 Å². The Morgan fingerprint density at radius 2 is 1.78 bits per heavy atom. The highest BCUT2D eigenvalue weighted by Gasteiger charge is 2.17. The van der Waals surface area contributed by atoms with Crippen LogP contribution >= 0.6 is 23.2 Å². The minimum Gasteiger partial charge on any atom is -0.387 e. The van der Waals surface area contributed by atoms with Gasteiger partial charge in [0.25, 0.3) is 0 Å². The van der Waals surface area contributed by atoms with E-state index >= 15 is 0 Å². The van der Waals surface area contributed by atoms with Crippen LogP contribution in [0.3, 0.4) is 0 Å². The molecule has 2 nitrogen and oxygen atoms in total. The van der Waals surface area contributed by atoms with E-state index in [9.17, 15) is 0 Å². The van der Waals surface area contributed by atoms with Gasteiger partial charge in [-0.25, -0.2) is 0 Å². The first-order chi connectivity index (χ1) is 8.47. The van der Waals surface area contributed by atoms with E-state index < -0.39 is 0 Å². The quantitative estimate of drug-likeness (QED) is 0.837. The molecular weight excluding hydrogens is 267 g/mol. The number of nitrogens with one attached hydrogen (secondary N) is 1. The number of anilines is 1. The van der Waals surface area contributed by atoms with E-state index in [0.717, 1.165) is 22.3 Å². The van der Waals surface area contributed by atoms with Crippen molar-refractivity contribution in [1.82, 2.24) is 4.98 Å². The number of aromatic nitrogens is 1. The standard InChI is InChI=1S/C14H16Cl2N2/c1-7(2)11-8(3)18-13-10(16)6-5-9(15)12(13)14(11)17-4/h5-7H,1-4H3,(H,17,18). The van der Waals surface area contributed by atoms with Crippen LogP contribution in [0.15, 0.2) is 12.1 Å². The normalized spacial score (nSPS) is 11.3. The Morgan fingerprint density at radius 1 is 1.17 bits per heavy atom. The number of fused-ring (bicyclic) bond motifs is 1. The summed E-state index contributed by atoms with van der Waals surface area (Å²) in [5.41, 5.74) is 3.97. The first-order valence-electron chi connectivity index (χ1n) is 5.93. The van der Waals surface area contributed by atoms with Crippen LogP contribution < -0.4 is 5.32 Å². The minimum atomic E-state index is 0.374. The Labute approximate surface area is 117 Å². The number of rotatable bonds is 2. The number of pyridine rings is 1. The summed E-state index contributed by atoms with van der Waals surface area (Å²) in [5.74, 6) is 0.374. The van der Waals surface area contributed by atoms with Crippen LogP contribution in [0.4, 0.5) is 5.69 Å². The van der Waals surface area contributed by atoms with Crippen molar-refractivity contribution in [2.75, 3.05) is 12.4 Å². The summed E-state index contributed by atoms with van der Waals surface area (Å²) in [6.45, 7) is 6.30. The Morgan fingerprint density at radius 3 is 2.33 bits per heavy atom. The highest BCUT2D eigenvalue weighted by Crippen LogP contribution is 2.39. The SMILES string of the molecule is CNc1c(C(C)C)c(C)nc2c(Cl)ccc(Cl)c12. The number of halogens is 2. The number of benzene rings is 1. The fourth-order valence-corrected chi connectivity index (χ4v) is 2.84. The zero-order valence-electron chi connectivity index (χ0n) is 10.9. The van der Waals surface area contributed by atoms with Crippen molar-refractivity contribution in [3.05, 3.63) is 33.4 Å². The van der Waals surface area contributed by atoms with Crippen LogP contribution in [0.1, 0.15) is 31.0 Å². The molecule has 2 aromatic rings. The van der Waals surface area contributed by atoms with E-state index in [1.165, 1.54) is 5.56 Å². The second-order valence-electron chi connectivity index (χ2n) is 4.64. The molecule has 0 aliphatic heterocycles. The first kappa shape index (κ1) is 13.4. The largest absolute Gasteiger partial charge is 0.387 e. The Hall–Kier alpha value is -0.990. The van der Waals surface area contributed by atoms with Gasteiger partial charge in [-0.1, -0.05) is 37.0 Å². The van der Waals surface area contributed by atoms with E-state index in [2.05, 4.69) is 24.1 Å². The highest BCUT2D eigenvalue weighted by molar-refractivity contribution is 6.41. The lowest BCUT2D eigenvalue weighted by atomic mass is 9.96. The maximum absolute atomic E-state index is 6.30. The zero-order chi connectivity index (χ0) is 13.4. The van der Waals surface area contributed by atoms with E-state index in [-0.39, 0.29) is 0 Å².